The highest BCUT2D eigenvalue weighted by Gasteiger charge is 2.20. The number of benzene rings is 1. The zero-order chi connectivity index (χ0) is 15.0. The van der Waals surface area contributed by atoms with E-state index in [4.69, 9.17) is 14.6 Å². The Morgan fingerprint density at radius 3 is 2.35 bits per heavy atom. The molecule has 1 aromatic rings. The van der Waals surface area contributed by atoms with E-state index in [0.29, 0.717) is 37.7 Å². The first kappa shape index (κ1) is 16.3. The van der Waals surface area contributed by atoms with Gasteiger partial charge in [0.05, 0.1) is 6.61 Å². The Bertz CT molecular complexity index is 422. The second-order valence-corrected chi connectivity index (χ2v) is 4.47. The van der Waals surface area contributed by atoms with E-state index in [-0.39, 0.29) is 0 Å². The smallest absolute Gasteiger partial charge is 0.320 e. The van der Waals surface area contributed by atoms with E-state index < -0.39 is 12.0 Å². The molecule has 0 aromatic heterocycles. The summed E-state index contributed by atoms with van der Waals surface area (Å²) in [5.74, 6) is 0.596. The van der Waals surface area contributed by atoms with E-state index >= 15 is 0 Å². The van der Waals surface area contributed by atoms with Crippen LogP contribution in [0.2, 0.25) is 0 Å². The Hall–Kier alpha value is -1.75. The first-order valence-electron chi connectivity index (χ1n) is 6.87. The maximum atomic E-state index is 11.0. The molecule has 0 amide bonds. The minimum Gasteiger partial charge on any atom is -0.490 e. The van der Waals surface area contributed by atoms with Crippen LogP contribution in [0.3, 0.4) is 0 Å². The first-order chi connectivity index (χ1) is 9.60. The topological polar surface area (TPSA) is 59.0 Å². The second-order valence-electron chi connectivity index (χ2n) is 4.47. The average molecular weight is 281 g/mol. The highest BCUT2D eigenvalue weighted by molar-refractivity contribution is 5.73. The molecule has 1 unspecified atom stereocenters. The summed E-state index contributed by atoms with van der Waals surface area (Å²) in [4.78, 5) is 12.8. The van der Waals surface area contributed by atoms with Crippen LogP contribution in [0.1, 0.15) is 20.3 Å². The van der Waals surface area contributed by atoms with Crippen LogP contribution < -0.4 is 9.47 Å². The predicted molar refractivity (Wildman–Crippen MR) is 77.5 cm³/mol. The Labute approximate surface area is 120 Å². The molecule has 1 atom stereocenters. The summed E-state index contributed by atoms with van der Waals surface area (Å²) in [6.45, 7) is 5.33. The van der Waals surface area contributed by atoms with Gasteiger partial charge in [-0.3, -0.25) is 9.69 Å². The zero-order valence-corrected chi connectivity index (χ0v) is 12.3. The van der Waals surface area contributed by atoms with Crippen LogP contribution in [-0.4, -0.2) is 48.8 Å². The summed E-state index contributed by atoms with van der Waals surface area (Å²) >= 11 is 0. The van der Waals surface area contributed by atoms with Crippen molar-refractivity contribution in [3.05, 3.63) is 24.3 Å². The minimum atomic E-state index is -0.801. The number of carboxylic acid groups (broad SMARTS) is 1. The Morgan fingerprint density at radius 1 is 1.25 bits per heavy atom. The van der Waals surface area contributed by atoms with Gasteiger partial charge >= 0.3 is 5.97 Å². The monoisotopic (exact) mass is 281 g/mol. The lowest BCUT2D eigenvalue weighted by atomic mass is 10.2. The molecule has 5 heteroatoms. The number of ether oxygens (including phenoxy) is 2. The first-order valence-corrected chi connectivity index (χ1v) is 6.87. The van der Waals surface area contributed by atoms with Gasteiger partial charge in [0.1, 0.15) is 12.6 Å². The molecule has 112 valence electrons. The van der Waals surface area contributed by atoms with Crippen LogP contribution in [0, 0.1) is 0 Å². The second kappa shape index (κ2) is 8.43. The number of hydrogen-bond acceptors (Lipinski definition) is 4. The van der Waals surface area contributed by atoms with Gasteiger partial charge in [-0.1, -0.05) is 19.1 Å². The van der Waals surface area contributed by atoms with Crippen molar-refractivity contribution in [1.29, 1.82) is 0 Å². The van der Waals surface area contributed by atoms with Crippen LogP contribution in [0.5, 0.6) is 11.5 Å². The standard InChI is InChI=1S/C15H23NO4/c1-4-12(15(17)18)16(3)10-11-20-14-9-7-6-8-13(14)19-5-2/h6-9,12H,4-5,10-11H2,1-3H3,(H,17,18). The molecular weight excluding hydrogens is 258 g/mol. The van der Waals surface area contributed by atoms with Gasteiger partial charge in [-0.2, -0.15) is 0 Å². The van der Waals surface area contributed by atoms with Gasteiger partial charge in [-0.25, -0.2) is 0 Å². The largest absolute Gasteiger partial charge is 0.490 e. The molecule has 0 heterocycles. The molecule has 0 aliphatic carbocycles. The third-order valence-corrected chi connectivity index (χ3v) is 3.05. The molecule has 1 rings (SSSR count). The van der Waals surface area contributed by atoms with Crippen LogP contribution in [-0.2, 0) is 4.79 Å². The minimum absolute atomic E-state index is 0.421. The summed E-state index contributed by atoms with van der Waals surface area (Å²) in [5.41, 5.74) is 0. The maximum Gasteiger partial charge on any atom is 0.320 e. The lowest BCUT2D eigenvalue weighted by Crippen LogP contribution is -2.40. The third-order valence-electron chi connectivity index (χ3n) is 3.05. The van der Waals surface area contributed by atoms with E-state index in [1.165, 1.54) is 0 Å². The SMILES string of the molecule is CCOc1ccccc1OCCN(C)C(CC)C(=O)O. The van der Waals surface area contributed by atoms with Crippen molar-refractivity contribution >= 4 is 5.97 Å². The summed E-state index contributed by atoms with van der Waals surface area (Å²) in [6, 6.07) is 7.00. The van der Waals surface area contributed by atoms with Crippen molar-refractivity contribution in [3.8, 4) is 11.5 Å². The summed E-state index contributed by atoms with van der Waals surface area (Å²) in [7, 11) is 1.79. The van der Waals surface area contributed by atoms with Gasteiger partial charge in [0, 0.05) is 6.54 Å². The quantitative estimate of drug-likeness (QED) is 0.752. The van der Waals surface area contributed by atoms with Crippen LogP contribution in [0.4, 0.5) is 0 Å². The molecule has 1 N–H and O–H groups in total. The number of hydrogen-bond donors (Lipinski definition) is 1. The van der Waals surface area contributed by atoms with E-state index in [9.17, 15) is 4.79 Å². The molecule has 0 aliphatic heterocycles. The molecule has 0 radical (unpaired) electrons. The molecule has 0 bridgehead atoms. The zero-order valence-electron chi connectivity index (χ0n) is 12.3. The van der Waals surface area contributed by atoms with Gasteiger partial charge < -0.3 is 14.6 Å². The fraction of sp³-hybridized carbons (Fsp3) is 0.533. The molecule has 1 aromatic carbocycles. The Balaban J connectivity index is 2.50. The van der Waals surface area contributed by atoms with Crippen LogP contribution >= 0.6 is 0 Å². The fourth-order valence-corrected chi connectivity index (χ4v) is 1.97. The van der Waals surface area contributed by atoms with Crippen LogP contribution in [0.25, 0.3) is 0 Å². The third kappa shape index (κ3) is 4.74. The van der Waals surface area contributed by atoms with Crippen molar-refractivity contribution < 1.29 is 19.4 Å². The molecule has 20 heavy (non-hydrogen) atoms. The van der Waals surface area contributed by atoms with E-state index in [1.807, 2.05) is 38.1 Å². The molecule has 0 spiro atoms. The van der Waals surface area contributed by atoms with E-state index in [0.717, 1.165) is 0 Å². The van der Waals surface area contributed by atoms with Gasteiger partial charge in [-0.05, 0) is 32.5 Å². The normalized spacial score (nSPS) is 12.2. The van der Waals surface area contributed by atoms with Gasteiger partial charge in [0.25, 0.3) is 0 Å². The number of carboxylic acids is 1. The summed E-state index contributed by atoms with van der Waals surface area (Å²) in [5, 5.41) is 9.07. The number of nitrogens with zero attached hydrogens (tertiary/aromatic N) is 1. The number of rotatable bonds is 9. The van der Waals surface area contributed by atoms with Crippen LogP contribution in [0.15, 0.2) is 24.3 Å². The highest BCUT2D eigenvalue weighted by atomic mass is 16.5. The van der Waals surface area contributed by atoms with Gasteiger partial charge in [-0.15, -0.1) is 0 Å². The molecule has 0 aliphatic rings. The van der Waals surface area contributed by atoms with Gasteiger partial charge in [0.15, 0.2) is 11.5 Å². The van der Waals surface area contributed by atoms with Crippen molar-refractivity contribution in [1.82, 2.24) is 4.90 Å². The molecule has 0 fully saturated rings. The number of aliphatic carboxylic acids is 1. The highest BCUT2D eigenvalue weighted by Crippen LogP contribution is 2.26. The van der Waals surface area contributed by atoms with Crippen molar-refractivity contribution in [2.24, 2.45) is 0 Å². The Kier molecular flexibility index (Phi) is 6.87. The molecule has 0 saturated heterocycles. The number of likely N-dealkylation sites (N-methyl/N-ethyl adjacent to an activating group) is 1. The lowest BCUT2D eigenvalue weighted by Gasteiger charge is -2.23. The predicted octanol–water partition coefficient (Wildman–Crippen LogP) is 2.26. The van der Waals surface area contributed by atoms with Gasteiger partial charge in [0.2, 0.25) is 0 Å². The lowest BCUT2D eigenvalue weighted by molar-refractivity contribution is -0.143. The average Bonchev–Trinajstić information content (AvgIpc) is 2.41. The number of para-hydroxylation sites is 2. The molecule has 0 saturated carbocycles. The number of carbonyl (C=O) groups is 1. The van der Waals surface area contributed by atoms with Crippen molar-refractivity contribution in [2.75, 3.05) is 26.8 Å². The molecule has 5 nitrogen and oxygen atoms in total. The van der Waals surface area contributed by atoms with E-state index in [1.54, 1.807) is 11.9 Å². The molecular formula is C15H23NO4. The maximum absolute atomic E-state index is 11.0. The Morgan fingerprint density at radius 2 is 1.85 bits per heavy atom. The van der Waals surface area contributed by atoms with Crippen molar-refractivity contribution in [3.63, 3.8) is 0 Å². The van der Waals surface area contributed by atoms with E-state index in [2.05, 4.69) is 0 Å². The summed E-state index contributed by atoms with van der Waals surface area (Å²) < 4.78 is 11.1. The van der Waals surface area contributed by atoms with Crippen molar-refractivity contribution in [2.45, 2.75) is 26.3 Å². The fourth-order valence-electron chi connectivity index (χ4n) is 1.97. The summed E-state index contributed by atoms with van der Waals surface area (Å²) in [6.07, 6.45) is 0.571.